The van der Waals surface area contributed by atoms with Gasteiger partial charge in [-0.3, -0.25) is 4.99 Å². The molecular weight excluding hydrogens is 206 g/mol. The van der Waals surface area contributed by atoms with E-state index in [9.17, 15) is 10.2 Å². The van der Waals surface area contributed by atoms with Crippen LogP contribution < -0.4 is 11.1 Å². The normalized spacial score (nSPS) is 15.1. The molecule has 0 radical (unpaired) electrons. The lowest BCUT2D eigenvalue weighted by molar-refractivity contribution is -0.00409. The SMILES string of the molecule is CN/C(N)=C(\C(C)=N/CC(C)(C)C)C(O)O. The maximum absolute atomic E-state index is 9.21. The molecule has 0 aromatic carbocycles. The molecule has 16 heavy (non-hydrogen) atoms. The van der Waals surface area contributed by atoms with Gasteiger partial charge in [0.2, 0.25) is 0 Å². The van der Waals surface area contributed by atoms with Gasteiger partial charge in [-0.25, -0.2) is 0 Å². The van der Waals surface area contributed by atoms with Gasteiger partial charge in [-0.2, -0.15) is 0 Å². The molecule has 0 heterocycles. The van der Waals surface area contributed by atoms with Gasteiger partial charge in [-0.1, -0.05) is 20.8 Å². The quantitative estimate of drug-likeness (QED) is 0.409. The topological polar surface area (TPSA) is 90.9 Å². The molecule has 0 aromatic heterocycles. The van der Waals surface area contributed by atoms with Crippen molar-refractivity contribution in [3.05, 3.63) is 11.4 Å². The van der Waals surface area contributed by atoms with E-state index in [0.717, 1.165) is 0 Å². The Kier molecular flexibility index (Phi) is 5.47. The van der Waals surface area contributed by atoms with E-state index >= 15 is 0 Å². The summed E-state index contributed by atoms with van der Waals surface area (Å²) in [6, 6.07) is 0. The molecule has 94 valence electrons. The van der Waals surface area contributed by atoms with Crippen LogP contribution in [0.2, 0.25) is 0 Å². The first-order chi connectivity index (χ1) is 7.19. The Bertz CT molecular complexity index is 288. The third-order valence-corrected chi connectivity index (χ3v) is 2.00. The molecule has 0 rings (SSSR count). The third kappa shape index (κ3) is 5.14. The van der Waals surface area contributed by atoms with E-state index < -0.39 is 6.29 Å². The van der Waals surface area contributed by atoms with E-state index in [1.165, 1.54) is 0 Å². The van der Waals surface area contributed by atoms with Crippen molar-refractivity contribution in [2.45, 2.75) is 34.0 Å². The molecule has 0 fully saturated rings. The van der Waals surface area contributed by atoms with Crippen molar-refractivity contribution in [3.8, 4) is 0 Å². The van der Waals surface area contributed by atoms with E-state index in [4.69, 9.17) is 5.73 Å². The van der Waals surface area contributed by atoms with Crippen LogP contribution in [0.1, 0.15) is 27.7 Å². The maximum atomic E-state index is 9.21. The van der Waals surface area contributed by atoms with Crippen LogP contribution in [-0.4, -0.2) is 35.8 Å². The summed E-state index contributed by atoms with van der Waals surface area (Å²) in [5, 5.41) is 21.1. The van der Waals surface area contributed by atoms with Gasteiger partial charge in [0.15, 0.2) is 6.29 Å². The summed E-state index contributed by atoms with van der Waals surface area (Å²) in [6.45, 7) is 8.49. The molecule has 0 aliphatic carbocycles. The first kappa shape index (κ1) is 14.9. The number of nitrogens with two attached hydrogens (primary N) is 1. The van der Waals surface area contributed by atoms with Crippen LogP contribution in [0.4, 0.5) is 0 Å². The molecule has 0 saturated heterocycles. The second-order valence-electron chi connectivity index (χ2n) is 4.91. The summed E-state index contributed by atoms with van der Waals surface area (Å²) >= 11 is 0. The van der Waals surface area contributed by atoms with Crippen molar-refractivity contribution in [1.29, 1.82) is 0 Å². The largest absolute Gasteiger partial charge is 0.385 e. The minimum Gasteiger partial charge on any atom is -0.385 e. The smallest absolute Gasteiger partial charge is 0.183 e. The zero-order chi connectivity index (χ0) is 12.9. The molecule has 0 saturated carbocycles. The highest BCUT2D eigenvalue weighted by Crippen LogP contribution is 2.14. The maximum Gasteiger partial charge on any atom is 0.183 e. The summed E-state index contributed by atoms with van der Waals surface area (Å²) in [4.78, 5) is 4.30. The number of nitrogens with zero attached hydrogens (tertiary/aromatic N) is 1. The molecule has 0 unspecified atom stereocenters. The number of aliphatic imine (C=N–C) groups is 1. The van der Waals surface area contributed by atoms with Gasteiger partial charge in [0.25, 0.3) is 0 Å². The Hall–Kier alpha value is -1.07. The highest BCUT2D eigenvalue weighted by molar-refractivity contribution is 5.99. The average Bonchev–Trinajstić information content (AvgIpc) is 2.13. The monoisotopic (exact) mass is 229 g/mol. The van der Waals surface area contributed by atoms with Crippen molar-refractivity contribution in [2.75, 3.05) is 13.6 Å². The Morgan fingerprint density at radius 2 is 1.88 bits per heavy atom. The molecule has 0 atom stereocenters. The number of aliphatic hydroxyl groups excluding tert-OH is 1. The molecule has 5 N–H and O–H groups in total. The predicted molar refractivity (Wildman–Crippen MR) is 65.9 cm³/mol. The van der Waals surface area contributed by atoms with E-state index in [-0.39, 0.29) is 16.8 Å². The molecule has 5 heteroatoms. The van der Waals surface area contributed by atoms with Gasteiger partial charge in [0, 0.05) is 19.3 Å². The van der Waals surface area contributed by atoms with Crippen LogP contribution in [0.5, 0.6) is 0 Å². The number of rotatable bonds is 4. The molecule has 0 aromatic rings. The van der Waals surface area contributed by atoms with Crippen LogP contribution >= 0.6 is 0 Å². The van der Waals surface area contributed by atoms with Crippen molar-refractivity contribution in [3.63, 3.8) is 0 Å². The first-order valence-corrected chi connectivity index (χ1v) is 5.24. The fraction of sp³-hybridized carbons (Fsp3) is 0.727. The van der Waals surface area contributed by atoms with Crippen molar-refractivity contribution in [1.82, 2.24) is 5.32 Å². The zero-order valence-corrected chi connectivity index (χ0v) is 10.7. The van der Waals surface area contributed by atoms with Gasteiger partial charge in [-0.15, -0.1) is 0 Å². The van der Waals surface area contributed by atoms with Crippen LogP contribution in [-0.2, 0) is 0 Å². The third-order valence-electron chi connectivity index (χ3n) is 2.00. The van der Waals surface area contributed by atoms with Crippen molar-refractivity contribution in [2.24, 2.45) is 16.1 Å². The lowest BCUT2D eigenvalue weighted by Gasteiger charge is -2.17. The number of nitrogens with one attached hydrogen (secondary N) is 1. The average molecular weight is 229 g/mol. The number of hydrogen-bond acceptors (Lipinski definition) is 5. The summed E-state index contributed by atoms with van der Waals surface area (Å²) in [6.07, 6.45) is -1.61. The zero-order valence-electron chi connectivity index (χ0n) is 10.7. The second kappa shape index (κ2) is 5.86. The summed E-state index contributed by atoms with van der Waals surface area (Å²) in [7, 11) is 1.62. The van der Waals surface area contributed by atoms with Crippen LogP contribution in [0, 0.1) is 5.41 Å². The second-order valence-corrected chi connectivity index (χ2v) is 4.91. The molecule has 0 spiro atoms. The minimum absolute atomic E-state index is 0.0567. The molecule has 0 amide bonds. The fourth-order valence-corrected chi connectivity index (χ4v) is 1.10. The van der Waals surface area contributed by atoms with E-state index in [1.807, 2.05) is 0 Å². The van der Waals surface area contributed by atoms with Crippen molar-refractivity contribution < 1.29 is 10.2 Å². The summed E-state index contributed by atoms with van der Waals surface area (Å²) < 4.78 is 0. The van der Waals surface area contributed by atoms with Gasteiger partial charge >= 0.3 is 0 Å². The molecule has 0 bridgehead atoms. The fourth-order valence-electron chi connectivity index (χ4n) is 1.10. The van der Waals surface area contributed by atoms with Gasteiger partial charge in [0.1, 0.15) is 5.82 Å². The highest BCUT2D eigenvalue weighted by atomic mass is 16.5. The summed E-state index contributed by atoms with van der Waals surface area (Å²) in [5.41, 5.74) is 6.45. The van der Waals surface area contributed by atoms with Gasteiger partial charge in [0.05, 0.1) is 5.57 Å². The van der Waals surface area contributed by atoms with Gasteiger partial charge in [-0.05, 0) is 12.3 Å². The van der Waals surface area contributed by atoms with E-state index in [1.54, 1.807) is 14.0 Å². The lowest BCUT2D eigenvalue weighted by atomic mass is 9.97. The highest BCUT2D eigenvalue weighted by Gasteiger charge is 2.16. The van der Waals surface area contributed by atoms with E-state index in [0.29, 0.717) is 12.3 Å². The first-order valence-electron chi connectivity index (χ1n) is 5.24. The van der Waals surface area contributed by atoms with E-state index in [2.05, 4.69) is 31.1 Å². The van der Waals surface area contributed by atoms with Crippen LogP contribution in [0.3, 0.4) is 0 Å². The Balaban J connectivity index is 4.98. The standard InChI is InChI=1S/C11H23N3O2/c1-7(14-6-11(2,3)4)8(10(15)16)9(12)13-5/h10,13,15-16H,6,12H2,1-5H3/b9-8+,14-7-. The Morgan fingerprint density at radius 1 is 1.38 bits per heavy atom. The molecule has 5 nitrogen and oxygen atoms in total. The predicted octanol–water partition coefficient (Wildman–Crippen LogP) is 0.194. The Morgan fingerprint density at radius 3 is 2.19 bits per heavy atom. The van der Waals surface area contributed by atoms with Crippen LogP contribution in [0.25, 0.3) is 0 Å². The number of aliphatic hydroxyl groups is 2. The summed E-state index contributed by atoms with van der Waals surface area (Å²) in [5.74, 6) is 0.227. The Labute approximate surface area is 97.1 Å². The minimum atomic E-state index is -1.61. The molecule has 0 aliphatic heterocycles. The van der Waals surface area contributed by atoms with Gasteiger partial charge < -0.3 is 21.3 Å². The lowest BCUT2D eigenvalue weighted by Crippen LogP contribution is -2.27. The molecule has 0 aliphatic rings. The molecular formula is C11H23N3O2. The van der Waals surface area contributed by atoms with Crippen molar-refractivity contribution >= 4 is 5.71 Å². The number of hydrogen-bond donors (Lipinski definition) is 4. The van der Waals surface area contributed by atoms with Crippen LogP contribution in [0.15, 0.2) is 16.4 Å².